The molecule has 0 saturated heterocycles. The highest BCUT2D eigenvalue weighted by Crippen LogP contribution is 2.10. The van der Waals surface area contributed by atoms with Crippen molar-refractivity contribution in [3.8, 4) is 0 Å². The molecule has 17 heavy (non-hydrogen) atoms. The number of aryl methyl sites for hydroxylation is 1. The fourth-order valence-electron chi connectivity index (χ4n) is 0.710. The highest BCUT2D eigenvalue weighted by Gasteiger charge is 2.23. The Morgan fingerprint density at radius 3 is 1.82 bits per heavy atom. The zero-order chi connectivity index (χ0) is 13.7. The van der Waals surface area contributed by atoms with Gasteiger partial charge in [-0.1, -0.05) is 17.7 Å². The Kier molecular flexibility index (Phi) is 5.59. The molecule has 0 radical (unpaired) electrons. The molecule has 0 aromatic heterocycles. The van der Waals surface area contributed by atoms with E-state index in [2.05, 4.69) is 5.73 Å². The lowest BCUT2D eigenvalue weighted by atomic mass is 10.2. The van der Waals surface area contributed by atoms with E-state index in [1.807, 2.05) is 6.92 Å². The van der Waals surface area contributed by atoms with Crippen molar-refractivity contribution in [2.24, 2.45) is 5.73 Å². The normalized spacial score (nSPS) is 11.6. The van der Waals surface area contributed by atoms with Crippen LogP contribution in [0.2, 0.25) is 0 Å². The summed E-state index contributed by atoms with van der Waals surface area (Å²) in [7, 11) is -4.02. The van der Waals surface area contributed by atoms with E-state index in [4.69, 9.17) is 4.55 Å². The Bertz CT molecular complexity index is 440. The van der Waals surface area contributed by atoms with Gasteiger partial charge in [0.2, 0.25) is 0 Å². The maximum atomic E-state index is 10.7. The third kappa shape index (κ3) is 7.72. The highest BCUT2D eigenvalue weighted by atomic mass is 32.2. The maximum Gasteiger partial charge on any atom is 0.400 e. The molecule has 3 N–H and O–H groups in total. The summed E-state index contributed by atoms with van der Waals surface area (Å²) in [6.07, 6.45) is -4.18. The van der Waals surface area contributed by atoms with Crippen LogP contribution in [-0.2, 0) is 10.1 Å². The second kappa shape index (κ2) is 5.99. The molecule has 0 bridgehead atoms. The number of nitrogens with two attached hydrogens (primary N) is 1. The van der Waals surface area contributed by atoms with Gasteiger partial charge in [-0.2, -0.15) is 21.6 Å². The van der Waals surface area contributed by atoms with Crippen LogP contribution >= 0.6 is 0 Å². The lowest BCUT2D eigenvalue weighted by molar-refractivity contribution is -0.118. The number of alkyl halides is 3. The van der Waals surface area contributed by atoms with Gasteiger partial charge in [-0.15, -0.1) is 0 Å². The molecule has 0 unspecified atom stereocenters. The summed E-state index contributed by atoms with van der Waals surface area (Å²) >= 11 is 0. The zero-order valence-electron chi connectivity index (χ0n) is 8.90. The molecule has 1 aromatic rings. The van der Waals surface area contributed by atoms with Gasteiger partial charge >= 0.3 is 6.18 Å². The van der Waals surface area contributed by atoms with Gasteiger partial charge in [0, 0.05) is 0 Å². The van der Waals surface area contributed by atoms with Crippen LogP contribution in [0.4, 0.5) is 13.2 Å². The molecule has 1 rings (SSSR count). The van der Waals surface area contributed by atoms with Crippen molar-refractivity contribution in [2.75, 3.05) is 6.54 Å². The van der Waals surface area contributed by atoms with Crippen molar-refractivity contribution >= 4 is 10.1 Å². The molecule has 8 heteroatoms. The predicted molar refractivity (Wildman–Crippen MR) is 56.1 cm³/mol. The Labute approximate surface area is 97.0 Å². The van der Waals surface area contributed by atoms with Crippen molar-refractivity contribution in [3.63, 3.8) is 0 Å². The first-order valence-corrected chi connectivity index (χ1v) is 5.81. The molecule has 0 aliphatic carbocycles. The van der Waals surface area contributed by atoms with Crippen molar-refractivity contribution < 1.29 is 26.1 Å². The van der Waals surface area contributed by atoms with E-state index in [0.717, 1.165) is 5.56 Å². The van der Waals surface area contributed by atoms with E-state index in [1.165, 1.54) is 12.1 Å². The van der Waals surface area contributed by atoms with Gasteiger partial charge in [-0.3, -0.25) is 4.55 Å². The van der Waals surface area contributed by atoms with Crippen molar-refractivity contribution in [1.82, 2.24) is 0 Å². The van der Waals surface area contributed by atoms with E-state index >= 15 is 0 Å². The monoisotopic (exact) mass is 271 g/mol. The smallest absolute Gasteiger partial charge is 0.323 e. The van der Waals surface area contributed by atoms with E-state index in [1.54, 1.807) is 12.1 Å². The molecule has 0 spiro atoms. The van der Waals surface area contributed by atoms with E-state index in [0.29, 0.717) is 0 Å². The number of hydrogen-bond donors (Lipinski definition) is 2. The van der Waals surface area contributed by atoms with Crippen molar-refractivity contribution in [3.05, 3.63) is 29.8 Å². The molecule has 1 aromatic carbocycles. The van der Waals surface area contributed by atoms with Crippen molar-refractivity contribution in [1.29, 1.82) is 0 Å². The van der Waals surface area contributed by atoms with Crippen LogP contribution in [0.5, 0.6) is 0 Å². The third-order valence-electron chi connectivity index (χ3n) is 1.55. The Hall–Kier alpha value is -1.12. The quantitative estimate of drug-likeness (QED) is 0.762. The molecule has 98 valence electrons. The molecule has 0 heterocycles. The Morgan fingerprint density at radius 1 is 1.24 bits per heavy atom. The molecule has 0 fully saturated rings. The van der Waals surface area contributed by atoms with Gasteiger partial charge in [0.1, 0.15) is 0 Å². The number of benzene rings is 1. The topological polar surface area (TPSA) is 80.4 Å². The average Bonchev–Trinajstić information content (AvgIpc) is 2.17. The standard InChI is InChI=1S/C7H8O3S.C2H4F3N/c1-6-2-4-7(5-3-6)11(8,9)10;3-2(4,5)1-6/h2-5H,1H3,(H,8,9,10);1,6H2. The van der Waals surface area contributed by atoms with E-state index < -0.39 is 22.8 Å². The molecule has 4 nitrogen and oxygen atoms in total. The molecule has 0 saturated carbocycles. The molecule has 0 aliphatic heterocycles. The van der Waals surface area contributed by atoms with Gasteiger partial charge in [0.25, 0.3) is 10.1 Å². The summed E-state index contributed by atoms with van der Waals surface area (Å²) < 4.78 is 61.5. The van der Waals surface area contributed by atoms with Gasteiger partial charge < -0.3 is 5.73 Å². The first kappa shape index (κ1) is 15.9. The summed E-state index contributed by atoms with van der Waals surface area (Å²) in [5.41, 5.74) is 5.14. The van der Waals surface area contributed by atoms with Gasteiger partial charge in [-0.25, -0.2) is 0 Å². The second-order valence-corrected chi connectivity index (χ2v) is 4.53. The fraction of sp³-hybridized carbons (Fsp3) is 0.333. The number of halogens is 3. The minimum atomic E-state index is -4.18. The summed E-state index contributed by atoms with van der Waals surface area (Å²) in [5.74, 6) is 0. The second-order valence-electron chi connectivity index (χ2n) is 3.11. The molecular weight excluding hydrogens is 259 g/mol. The molecule has 0 amide bonds. The summed E-state index contributed by atoms with van der Waals surface area (Å²) in [6, 6.07) is 5.99. The largest absolute Gasteiger partial charge is 0.400 e. The number of rotatable bonds is 1. The Morgan fingerprint density at radius 2 is 1.59 bits per heavy atom. The Balaban J connectivity index is 0.000000366. The van der Waals surface area contributed by atoms with Crippen LogP contribution < -0.4 is 5.73 Å². The molecule has 0 atom stereocenters. The summed E-state index contributed by atoms with van der Waals surface area (Å²) in [5, 5.41) is 0. The van der Waals surface area contributed by atoms with Gasteiger partial charge in [-0.05, 0) is 19.1 Å². The van der Waals surface area contributed by atoms with Crippen LogP contribution in [0.25, 0.3) is 0 Å². The van der Waals surface area contributed by atoms with Gasteiger partial charge in [0.15, 0.2) is 0 Å². The predicted octanol–water partition coefficient (Wildman–Crippen LogP) is 1.75. The first-order valence-electron chi connectivity index (χ1n) is 4.37. The summed E-state index contributed by atoms with van der Waals surface area (Å²) in [4.78, 5) is -0.0666. The zero-order valence-corrected chi connectivity index (χ0v) is 9.72. The third-order valence-corrected chi connectivity index (χ3v) is 2.42. The maximum absolute atomic E-state index is 10.7. The van der Waals surface area contributed by atoms with Crippen LogP contribution in [0.1, 0.15) is 5.56 Å². The number of hydrogen-bond acceptors (Lipinski definition) is 3. The first-order chi connectivity index (χ1) is 7.56. The lowest BCUT2D eigenvalue weighted by Crippen LogP contribution is -2.21. The summed E-state index contributed by atoms with van der Waals surface area (Å²) in [6.45, 7) is 0.612. The van der Waals surface area contributed by atoms with Crippen LogP contribution in [0, 0.1) is 6.92 Å². The van der Waals surface area contributed by atoms with Gasteiger partial charge in [0.05, 0.1) is 11.4 Å². The minimum absolute atomic E-state index is 0.0666. The average molecular weight is 271 g/mol. The highest BCUT2D eigenvalue weighted by molar-refractivity contribution is 7.85. The SMILES string of the molecule is Cc1ccc(S(=O)(=O)O)cc1.NCC(F)(F)F. The van der Waals surface area contributed by atoms with Crippen LogP contribution in [0.15, 0.2) is 29.2 Å². The van der Waals surface area contributed by atoms with E-state index in [9.17, 15) is 21.6 Å². The fourth-order valence-corrected chi connectivity index (χ4v) is 1.19. The lowest BCUT2D eigenvalue weighted by Gasteiger charge is -1.96. The molecule has 0 aliphatic rings. The van der Waals surface area contributed by atoms with Crippen LogP contribution in [-0.4, -0.2) is 25.7 Å². The van der Waals surface area contributed by atoms with Crippen molar-refractivity contribution in [2.45, 2.75) is 18.0 Å². The molecular formula is C9H12F3NO3S. The minimum Gasteiger partial charge on any atom is -0.323 e. The van der Waals surface area contributed by atoms with Crippen LogP contribution in [0.3, 0.4) is 0 Å². The van der Waals surface area contributed by atoms with E-state index in [-0.39, 0.29) is 4.90 Å².